The molecule has 1 saturated heterocycles. The Balaban J connectivity index is 1.39. The smallest absolute Gasteiger partial charge is 0.243 e. The van der Waals surface area contributed by atoms with Crippen LogP contribution in [0.3, 0.4) is 0 Å². The molecule has 27 heavy (non-hydrogen) atoms. The fraction of sp³-hybridized carbons (Fsp3) is 0.579. The van der Waals surface area contributed by atoms with Gasteiger partial charge in [-0.05, 0) is 42.5 Å². The number of piperazine rings is 1. The minimum Gasteiger partial charge on any atom is -0.424 e. The lowest BCUT2D eigenvalue weighted by molar-refractivity contribution is 0.167. The lowest BCUT2D eigenvalue weighted by atomic mass is 10.1. The molecular weight excluding hydrogens is 364 g/mol. The van der Waals surface area contributed by atoms with Crippen molar-refractivity contribution in [3.05, 3.63) is 41.1 Å². The van der Waals surface area contributed by atoms with Gasteiger partial charge in [0.15, 0.2) is 0 Å². The summed E-state index contributed by atoms with van der Waals surface area (Å²) < 4.78 is 33.2. The summed E-state index contributed by atoms with van der Waals surface area (Å²) in [5.74, 6) is 1.44. The second-order valence-corrected chi connectivity index (χ2v) is 9.59. The zero-order chi connectivity index (χ0) is 19.0. The van der Waals surface area contributed by atoms with Gasteiger partial charge in [0, 0.05) is 32.1 Å². The van der Waals surface area contributed by atoms with Gasteiger partial charge < -0.3 is 4.42 Å². The van der Waals surface area contributed by atoms with Crippen LogP contribution in [-0.4, -0.2) is 54.0 Å². The van der Waals surface area contributed by atoms with Crippen LogP contribution in [-0.2, 0) is 29.4 Å². The summed E-state index contributed by atoms with van der Waals surface area (Å²) in [6.07, 6.45) is 3.16. The highest BCUT2D eigenvalue weighted by atomic mass is 32.2. The van der Waals surface area contributed by atoms with E-state index in [0.717, 1.165) is 19.3 Å². The molecule has 2 aromatic rings. The molecule has 8 heteroatoms. The van der Waals surface area contributed by atoms with E-state index in [1.54, 1.807) is 10.4 Å². The number of rotatable bonds is 5. The number of hydrogen-bond donors (Lipinski definition) is 0. The Morgan fingerprint density at radius 2 is 1.81 bits per heavy atom. The zero-order valence-electron chi connectivity index (χ0n) is 15.9. The van der Waals surface area contributed by atoms with Crippen molar-refractivity contribution in [1.82, 2.24) is 19.4 Å². The number of sulfonamides is 1. The standard InChI is InChI=1S/C19H26N4O3S/c1-14(2)19-21-20-18(26-19)13-22-8-10-23(11-9-22)27(24,25)17-7-6-15-4-3-5-16(15)12-17/h6-7,12,14H,3-5,8-11,13H2,1-2H3. The molecule has 2 aliphatic rings. The Hall–Kier alpha value is -1.77. The summed E-state index contributed by atoms with van der Waals surface area (Å²) in [4.78, 5) is 2.59. The molecule has 0 amide bonds. The molecule has 1 aromatic heterocycles. The van der Waals surface area contributed by atoms with Crippen molar-refractivity contribution in [1.29, 1.82) is 0 Å². The summed E-state index contributed by atoms with van der Waals surface area (Å²) >= 11 is 0. The van der Waals surface area contributed by atoms with Crippen molar-refractivity contribution in [2.45, 2.75) is 50.5 Å². The third kappa shape index (κ3) is 3.79. The molecule has 146 valence electrons. The lowest BCUT2D eigenvalue weighted by Gasteiger charge is -2.33. The van der Waals surface area contributed by atoms with Gasteiger partial charge in [0.25, 0.3) is 0 Å². The molecule has 0 atom stereocenters. The van der Waals surface area contributed by atoms with Crippen LogP contribution in [0.5, 0.6) is 0 Å². The molecule has 0 radical (unpaired) electrons. The van der Waals surface area contributed by atoms with Gasteiger partial charge >= 0.3 is 0 Å². The molecule has 1 aromatic carbocycles. The first-order chi connectivity index (χ1) is 12.9. The predicted octanol–water partition coefficient (Wildman–Crippen LogP) is 2.19. The average molecular weight is 391 g/mol. The minimum atomic E-state index is -3.43. The molecule has 0 spiro atoms. The first-order valence-corrected chi connectivity index (χ1v) is 11.0. The Morgan fingerprint density at radius 1 is 1.07 bits per heavy atom. The Labute approximate surface area is 160 Å². The normalized spacial score (nSPS) is 18.9. The van der Waals surface area contributed by atoms with E-state index in [4.69, 9.17) is 4.42 Å². The van der Waals surface area contributed by atoms with E-state index >= 15 is 0 Å². The molecule has 4 rings (SSSR count). The number of aryl methyl sites for hydroxylation is 2. The first kappa shape index (κ1) is 18.6. The van der Waals surface area contributed by atoms with Crippen LogP contribution in [0.25, 0.3) is 0 Å². The molecule has 1 aliphatic heterocycles. The van der Waals surface area contributed by atoms with Gasteiger partial charge in [0.05, 0.1) is 11.4 Å². The number of benzene rings is 1. The van der Waals surface area contributed by atoms with Gasteiger partial charge in [-0.15, -0.1) is 10.2 Å². The monoisotopic (exact) mass is 390 g/mol. The van der Waals surface area contributed by atoms with E-state index in [1.165, 1.54) is 11.1 Å². The van der Waals surface area contributed by atoms with Crippen LogP contribution in [0.1, 0.15) is 49.1 Å². The molecule has 2 heterocycles. The molecule has 0 bridgehead atoms. The van der Waals surface area contributed by atoms with Crippen molar-refractivity contribution >= 4 is 10.0 Å². The Kier molecular flexibility index (Phi) is 5.05. The minimum absolute atomic E-state index is 0.209. The van der Waals surface area contributed by atoms with Crippen LogP contribution in [0, 0.1) is 0 Å². The van der Waals surface area contributed by atoms with Gasteiger partial charge in [0.1, 0.15) is 0 Å². The van der Waals surface area contributed by atoms with Crippen LogP contribution in [0.4, 0.5) is 0 Å². The predicted molar refractivity (Wildman–Crippen MR) is 101 cm³/mol. The molecule has 0 saturated carbocycles. The maximum absolute atomic E-state index is 13.0. The van der Waals surface area contributed by atoms with Crippen molar-refractivity contribution in [3.8, 4) is 0 Å². The highest BCUT2D eigenvalue weighted by Gasteiger charge is 2.30. The van der Waals surface area contributed by atoms with Crippen molar-refractivity contribution in [2.24, 2.45) is 0 Å². The van der Waals surface area contributed by atoms with Crippen molar-refractivity contribution < 1.29 is 12.8 Å². The maximum atomic E-state index is 13.0. The zero-order valence-corrected chi connectivity index (χ0v) is 16.7. The van der Waals surface area contributed by atoms with Crippen LogP contribution in [0.15, 0.2) is 27.5 Å². The van der Waals surface area contributed by atoms with E-state index in [1.807, 2.05) is 26.0 Å². The summed E-state index contributed by atoms with van der Waals surface area (Å²) in [6.45, 7) is 6.86. The first-order valence-electron chi connectivity index (χ1n) is 9.60. The fourth-order valence-corrected chi connectivity index (χ4v) is 5.21. The molecule has 1 aliphatic carbocycles. The maximum Gasteiger partial charge on any atom is 0.243 e. The van der Waals surface area contributed by atoms with Crippen LogP contribution >= 0.6 is 0 Å². The quantitative estimate of drug-likeness (QED) is 0.779. The third-order valence-corrected chi connectivity index (χ3v) is 7.27. The average Bonchev–Trinajstić information content (AvgIpc) is 3.30. The topological polar surface area (TPSA) is 79.5 Å². The van der Waals surface area contributed by atoms with Crippen LogP contribution in [0.2, 0.25) is 0 Å². The summed E-state index contributed by atoms with van der Waals surface area (Å²) in [5.41, 5.74) is 2.48. The summed E-state index contributed by atoms with van der Waals surface area (Å²) in [6, 6.07) is 5.61. The Bertz CT molecular complexity index is 915. The number of hydrogen-bond acceptors (Lipinski definition) is 6. The summed E-state index contributed by atoms with van der Waals surface area (Å²) in [7, 11) is -3.43. The van der Waals surface area contributed by atoms with E-state index in [0.29, 0.717) is 49.4 Å². The number of fused-ring (bicyclic) bond motifs is 1. The highest BCUT2D eigenvalue weighted by molar-refractivity contribution is 7.89. The van der Waals surface area contributed by atoms with Crippen LogP contribution < -0.4 is 0 Å². The summed E-state index contributed by atoms with van der Waals surface area (Å²) in [5, 5.41) is 8.14. The molecule has 0 unspecified atom stereocenters. The number of nitrogens with zero attached hydrogens (tertiary/aromatic N) is 4. The SMILES string of the molecule is CC(C)c1nnc(CN2CCN(S(=O)(=O)c3ccc4c(c3)CCC4)CC2)o1. The molecular formula is C19H26N4O3S. The van der Waals surface area contributed by atoms with E-state index in [2.05, 4.69) is 15.1 Å². The van der Waals surface area contributed by atoms with Gasteiger partial charge in [-0.3, -0.25) is 4.90 Å². The van der Waals surface area contributed by atoms with E-state index in [9.17, 15) is 8.42 Å². The van der Waals surface area contributed by atoms with E-state index < -0.39 is 10.0 Å². The largest absolute Gasteiger partial charge is 0.424 e. The molecule has 7 nitrogen and oxygen atoms in total. The van der Waals surface area contributed by atoms with Gasteiger partial charge in [-0.1, -0.05) is 19.9 Å². The van der Waals surface area contributed by atoms with E-state index in [-0.39, 0.29) is 5.92 Å². The Morgan fingerprint density at radius 3 is 2.52 bits per heavy atom. The number of aromatic nitrogens is 2. The van der Waals surface area contributed by atoms with Gasteiger partial charge in [0.2, 0.25) is 21.8 Å². The van der Waals surface area contributed by atoms with Crippen molar-refractivity contribution in [2.75, 3.05) is 26.2 Å². The molecule has 1 fully saturated rings. The van der Waals surface area contributed by atoms with Crippen molar-refractivity contribution in [3.63, 3.8) is 0 Å². The second kappa shape index (κ2) is 7.33. The highest BCUT2D eigenvalue weighted by Crippen LogP contribution is 2.27. The lowest BCUT2D eigenvalue weighted by Crippen LogP contribution is -2.48. The fourth-order valence-electron chi connectivity index (χ4n) is 3.74. The van der Waals surface area contributed by atoms with Gasteiger partial charge in [-0.25, -0.2) is 8.42 Å². The second-order valence-electron chi connectivity index (χ2n) is 7.65. The third-order valence-electron chi connectivity index (χ3n) is 5.37. The van der Waals surface area contributed by atoms with Gasteiger partial charge in [-0.2, -0.15) is 4.31 Å². The molecule has 0 N–H and O–H groups in total.